The molecule has 1 heterocycles. The van der Waals surface area contributed by atoms with Gasteiger partial charge in [0.15, 0.2) is 5.78 Å². The molecule has 2 aromatic rings. The molecule has 0 saturated heterocycles. The first kappa shape index (κ1) is 13.2. The fraction of sp³-hybridized carbons (Fsp3) is 0.267. The van der Waals surface area contributed by atoms with Gasteiger partial charge in [-0.3, -0.25) is 9.59 Å². The van der Waals surface area contributed by atoms with Gasteiger partial charge in [-0.25, -0.2) is 4.68 Å². The van der Waals surface area contributed by atoms with Gasteiger partial charge in [-0.15, -0.1) is 0 Å². The van der Waals surface area contributed by atoms with E-state index >= 15 is 0 Å². The number of hydrogen-bond acceptors (Lipinski definition) is 3. The van der Waals surface area contributed by atoms with E-state index in [1.807, 2.05) is 32.9 Å². The van der Waals surface area contributed by atoms with Crippen LogP contribution >= 0.6 is 0 Å². The summed E-state index contributed by atoms with van der Waals surface area (Å²) in [4.78, 5) is 23.9. The first-order chi connectivity index (χ1) is 8.99. The Balaban J connectivity index is 2.36. The average molecular weight is 256 g/mol. The Morgan fingerprint density at radius 1 is 1.21 bits per heavy atom. The summed E-state index contributed by atoms with van der Waals surface area (Å²) in [5.74, 6) is -0.0872. The highest BCUT2D eigenvalue weighted by Crippen LogP contribution is 2.17. The fourth-order valence-corrected chi connectivity index (χ4v) is 2.34. The van der Waals surface area contributed by atoms with E-state index in [0.29, 0.717) is 5.56 Å². The largest absolute Gasteiger partial charge is 0.292 e. The molecule has 0 aliphatic carbocycles. The minimum Gasteiger partial charge on any atom is -0.292 e. The standard InChI is InChI=1S/C15H16N2O2/c1-10-7-11(2)15(12(3)8-10)13(18)9-17-14(19)5-4-6-16-17/h4-8H,9H2,1-3H3. The van der Waals surface area contributed by atoms with Gasteiger partial charge in [-0.05, 0) is 38.0 Å². The quantitative estimate of drug-likeness (QED) is 0.790. The zero-order valence-corrected chi connectivity index (χ0v) is 11.3. The number of rotatable bonds is 3. The van der Waals surface area contributed by atoms with Crippen molar-refractivity contribution in [2.75, 3.05) is 0 Å². The minimum atomic E-state index is -0.265. The van der Waals surface area contributed by atoms with Crippen LogP contribution in [-0.2, 0) is 6.54 Å². The van der Waals surface area contributed by atoms with Crippen molar-refractivity contribution < 1.29 is 4.79 Å². The number of ketones is 1. The van der Waals surface area contributed by atoms with Crippen molar-refractivity contribution in [2.45, 2.75) is 27.3 Å². The molecule has 98 valence electrons. The topological polar surface area (TPSA) is 52.0 Å². The van der Waals surface area contributed by atoms with E-state index in [4.69, 9.17) is 0 Å². The lowest BCUT2D eigenvalue weighted by molar-refractivity contribution is 0.0964. The third-order valence-corrected chi connectivity index (χ3v) is 3.03. The van der Waals surface area contributed by atoms with Gasteiger partial charge in [-0.2, -0.15) is 5.10 Å². The molecule has 2 rings (SSSR count). The molecule has 0 amide bonds. The van der Waals surface area contributed by atoms with Gasteiger partial charge in [0, 0.05) is 17.8 Å². The Labute approximate surface area is 111 Å². The second-order valence-electron chi connectivity index (χ2n) is 4.72. The fourth-order valence-electron chi connectivity index (χ4n) is 2.34. The van der Waals surface area contributed by atoms with Crippen molar-refractivity contribution in [3.63, 3.8) is 0 Å². The monoisotopic (exact) mass is 256 g/mol. The van der Waals surface area contributed by atoms with Gasteiger partial charge < -0.3 is 0 Å². The molecule has 0 fully saturated rings. The van der Waals surface area contributed by atoms with E-state index in [9.17, 15) is 9.59 Å². The smallest absolute Gasteiger partial charge is 0.267 e. The number of aromatic nitrogens is 2. The zero-order chi connectivity index (χ0) is 14.0. The highest BCUT2D eigenvalue weighted by molar-refractivity contribution is 5.98. The molecule has 0 aliphatic rings. The van der Waals surface area contributed by atoms with Crippen LogP contribution in [0, 0.1) is 20.8 Å². The number of Topliss-reactive ketones (excluding diaryl/α,β-unsaturated/α-hetero) is 1. The molecule has 0 bridgehead atoms. The first-order valence-corrected chi connectivity index (χ1v) is 6.12. The lowest BCUT2D eigenvalue weighted by Crippen LogP contribution is -2.26. The second kappa shape index (κ2) is 5.18. The maximum Gasteiger partial charge on any atom is 0.267 e. The van der Waals surface area contributed by atoms with Crippen LogP contribution < -0.4 is 5.56 Å². The van der Waals surface area contributed by atoms with Crippen molar-refractivity contribution in [1.29, 1.82) is 0 Å². The van der Waals surface area contributed by atoms with E-state index in [0.717, 1.165) is 16.7 Å². The van der Waals surface area contributed by atoms with Crippen molar-refractivity contribution in [1.82, 2.24) is 9.78 Å². The summed E-state index contributed by atoms with van der Waals surface area (Å²) in [6.45, 7) is 5.80. The Hall–Kier alpha value is -2.23. The molecule has 4 heteroatoms. The first-order valence-electron chi connectivity index (χ1n) is 6.12. The predicted octanol–water partition coefficient (Wildman–Crippen LogP) is 2.05. The van der Waals surface area contributed by atoms with Crippen LogP contribution in [0.3, 0.4) is 0 Å². The number of hydrogen-bond donors (Lipinski definition) is 0. The Bertz CT molecular complexity index is 664. The highest BCUT2D eigenvalue weighted by Gasteiger charge is 2.14. The highest BCUT2D eigenvalue weighted by atomic mass is 16.1. The number of aryl methyl sites for hydroxylation is 3. The van der Waals surface area contributed by atoms with Gasteiger partial charge in [-0.1, -0.05) is 17.7 Å². The van der Waals surface area contributed by atoms with Crippen molar-refractivity contribution in [3.05, 3.63) is 63.1 Å². The average Bonchev–Trinajstić information content (AvgIpc) is 2.30. The van der Waals surface area contributed by atoms with E-state index in [2.05, 4.69) is 5.10 Å². The molecular weight excluding hydrogens is 240 g/mol. The Morgan fingerprint density at radius 2 is 1.84 bits per heavy atom. The summed E-state index contributed by atoms with van der Waals surface area (Å²) in [5.41, 5.74) is 3.42. The van der Waals surface area contributed by atoms with Crippen LogP contribution in [0.2, 0.25) is 0 Å². The van der Waals surface area contributed by atoms with Crippen LogP contribution in [0.5, 0.6) is 0 Å². The van der Waals surface area contributed by atoms with Crippen LogP contribution in [0.1, 0.15) is 27.0 Å². The van der Waals surface area contributed by atoms with Crippen molar-refractivity contribution >= 4 is 5.78 Å². The molecule has 0 unspecified atom stereocenters. The molecule has 19 heavy (non-hydrogen) atoms. The summed E-state index contributed by atoms with van der Waals surface area (Å²) < 4.78 is 1.18. The van der Waals surface area contributed by atoms with Gasteiger partial charge in [0.05, 0.1) is 0 Å². The van der Waals surface area contributed by atoms with Crippen LogP contribution in [-0.4, -0.2) is 15.6 Å². The maximum atomic E-state index is 12.3. The number of benzene rings is 1. The predicted molar refractivity (Wildman–Crippen MR) is 73.5 cm³/mol. The molecular formula is C15H16N2O2. The summed E-state index contributed by atoms with van der Waals surface area (Å²) in [6, 6.07) is 6.91. The number of nitrogens with zero attached hydrogens (tertiary/aromatic N) is 2. The summed E-state index contributed by atoms with van der Waals surface area (Å²) in [6.07, 6.45) is 1.50. The van der Waals surface area contributed by atoms with Crippen LogP contribution in [0.25, 0.3) is 0 Å². The van der Waals surface area contributed by atoms with Crippen molar-refractivity contribution in [3.8, 4) is 0 Å². The summed E-state index contributed by atoms with van der Waals surface area (Å²) >= 11 is 0. The van der Waals surface area contributed by atoms with Gasteiger partial charge >= 0.3 is 0 Å². The molecule has 0 aliphatic heterocycles. The second-order valence-corrected chi connectivity index (χ2v) is 4.72. The number of carbonyl (C=O) groups is 1. The molecule has 0 saturated carbocycles. The van der Waals surface area contributed by atoms with Gasteiger partial charge in [0.2, 0.25) is 0 Å². The molecule has 0 atom stereocenters. The minimum absolute atomic E-state index is 0.0234. The van der Waals surface area contributed by atoms with Gasteiger partial charge in [0.25, 0.3) is 5.56 Å². The van der Waals surface area contributed by atoms with Gasteiger partial charge in [0.1, 0.15) is 6.54 Å². The normalized spacial score (nSPS) is 10.5. The maximum absolute atomic E-state index is 12.3. The lowest BCUT2D eigenvalue weighted by atomic mass is 9.96. The van der Waals surface area contributed by atoms with E-state index in [1.165, 1.54) is 16.9 Å². The van der Waals surface area contributed by atoms with Crippen molar-refractivity contribution in [2.24, 2.45) is 0 Å². The molecule has 0 radical (unpaired) electrons. The lowest BCUT2D eigenvalue weighted by Gasteiger charge is -2.10. The Kier molecular flexibility index (Phi) is 3.60. The van der Waals surface area contributed by atoms with Crippen LogP contribution in [0.4, 0.5) is 0 Å². The summed E-state index contributed by atoms with van der Waals surface area (Å²) in [7, 11) is 0. The summed E-state index contributed by atoms with van der Waals surface area (Å²) in [5, 5.41) is 3.90. The Morgan fingerprint density at radius 3 is 2.42 bits per heavy atom. The third kappa shape index (κ3) is 2.78. The third-order valence-electron chi connectivity index (χ3n) is 3.03. The SMILES string of the molecule is Cc1cc(C)c(C(=O)Cn2ncccc2=O)c(C)c1. The van der Waals surface area contributed by atoms with Crippen LogP contribution in [0.15, 0.2) is 35.3 Å². The molecule has 0 spiro atoms. The molecule has 1 aromatic heterocycles. The number of carbonyl (C=O) groups excluding carboxylic acids is 1. The molecule has 1 aromatic carbocycles. The van der Waals surface area contributed by atoms with E-state index in [1.54, 1.807) is 6.07 Å². The molecule has 4 nitrogen and oxygen atoms in total. The molecule has 0 N–H and O–H groups in total. The van der Waals surface area contributed by atoms with E-state index < -0.39 is 0 Å². The zero-order valence-electron chi connectivity index (χ0n) is 11.3. The van der Waals surface area contributed by atoms with E-state index in [-0.39, 0.29) is 17.9 Å².